The Morgan fingerprint density at radius 3 is 2.60 bits per heavy atom. The number of anilines is 1. The van der Waals surface area contributed by atoms with Gasteiger partial charge in [-0.05, 0) is 25.8 Å². The lowest BCUT2D eigenvalue weighted by molar-refractivity contribution is -0.385. The van der Waals surface area contributed by atoms with Crippen molar-refractivity contribution in [2.45, 2.75) is 51.5 Å². The Morgan fingerprint density at radius 2 is 2.00 bits per heavy atom. The molecule has 1 saturated carbocycles. The maximum Gasteiger partial charge on any atom is 0.311 e. The molecule has 0 saturated heterocycles. The smallest absolute Gasteiger partial charge is 0.311 e. The van der Waals surface area contributed by atoms with Gasteiger partial charge in [0, 0.05) is 23.9 Å². The van der Waals surface area contributed by atoms with E-state index in [1.54, 1.807) is 12.1 Å². The molecule has 1 aromatic rings. The molecule has 5 heteroatoms. The summed E-state index contributed by atoms with van der Waals surface area (Å²) in [6.45, 7) is 2.25. The van der Waals surface area contributed by atoms with E-state index >= 15 is 0 Å². The molecule has 0 aromatic heterocycles. The van der Waals surface area contributed by atoms with Gasteiger partial charge in [0.05, 0.1) is 11.5 Å². The molecule has 0 spiro atoms. The molecule has 1 fully saturated rings. The lowest BCUT2D eigenvalue weighted by atomic mass is 10.1. The van der Waals surface area contributed by atoms with Crippen LogP contribution in [0.1, 0.15) is 45.4 Å². The van der Waals surface area contributed by atoms with Gasteiger partial charge in [0.15, 0.2) is 5.75 Å². The molecular weight excluding hydrogens is 256 g/mol. The highest BCUT2D eigenvalue weighted by Gasteiger charge is 2.17. The number of ether oxygens (including phenoxy) is 1. The van der Waals surface area contributed by atoms with Gasteiger partial charge in [0.25, 0.3) is 0 Å². The molecule has 0 unspecified atom stereocenters. The zero-order chi connectivity index (χ0) is 14.4. The van der Waals surface area contributed by atoms with Crippen LogP contribution in [0.5, 0.6) is 5.75 Å². The summed E-state index contributed by atoms with van der Waals surface area (Å²) in [7, 11) is 0. The second-order valence-electron chi connectivity index (χ2n) is 5.21. The summed E-state index contributed by atoms with van der Waals surface area (Å²) in [6.07, 6.45) is 7.46. The van der Waals surface area contributed by atoms with Crippen LogP contribution >= 0.6 is 0 Å². The second kappa shape index (κ2) is 7.12. The molecule has 0 bridgehead atoms. The van der Waals surface area contributed by atoms with Gasteiger partial charge < -0.3 is 10.1 Å². The van der Waals surface area contributed by atoms with Crippen molar-refractivity contribution in [3.63, 3.8) is 0 Å². The third-order valence-electron chi connectivity index (χ3n) is 3.68. The minimum atomic E-state index is -0.402. The summed E-state index contributed by atoms with van der Waals surface area (Å²) in [4.78, 5) is 10.5. The molecule has 0 radical (unpaired) electrons. The first-order valence-corrected chi connectivity index (χ1v) is 7.38. The van der Waals surface area contributed by atoms with Crippen molar-refractivity contribution in [1.29, 1.82) is 0 Å². The first-order valence-electron chi connectivity index (χ1n) is 7.38. The third kappa shape index (κ3) is 3.85. The molecule has 1 aromatic carbocycles. The number of nitrogens with one attached hydrogen (secondary N) is 1. The summed E-state index contributed by atoms with van der Waals surface area (Å²) in [6, 6.07) is 5.50. The predicted octanol–water partition coefficient (Wildman–Crippen LogP) is 4.13. The van der Waals surface area contributed by atoms with E-state index in [0.29, 0.717) is 18.4 Å². The largest absolute Gasteiger partial charge is 0.487 e. The van der Waals surface area contributed by atoms with Crippen LogP contribution in [0.25, 0.3) is 0 Å². The fraction of sp³-hybridized carbons (Fsp3) is 0.600. The van der Waals surface area contributed by atoms with Crippen molar-refractivity contribution < 1.29 is 9.66 Å². The van der Waals surface area contributed by atoms with Crippen LogP contribution in [0.2, 0.25) is 0 Å². The second-order valence-corrected chi connectivity index (χ2v) is 5.21. The maximum absolute atomic E-state index is 10.9. The van der Waals surface area contributed by atoms with Crippen LogP contribution < -0.4 is 10.1 Å². The molecule has 20 heavy (non-hydrogen) atoms. The summed E-state index contributed by atoms with van der Waals surface area (Å²) in [5.74, 6) is 0.344. The maximum atomic E-state index is 10.9. The molecule has 1 aliphatic rings. The highest BCUT2D eigenvalue weighted by Crippen LogP contribution is 2.31. The molecule has 0 amide bonds. The summed E-state index contributed by atoms with van der Waals surface area (Å²) in [5, 5.41) is 14.4. The van der Waals surface area contributed by atoms with E-state index in [1.165, 1.54) is 44.6 Å². The molecule has 5 nitrogen and oxygen atoms in total. The summed E-state index contributed by atoms with van der Waals surface area (Å²) in [5.41, 5.74) is 0.934. The first kappa shape index (κ1) is 14.6. The molecule has 1 N–H and O–H groups in total. The van der Waals surface area contributed by atoms with Crippen molar-refractivity contribution >= 4 is 11.4 Å². The van der Waals surface area contributed by atoms with Gasteiger partial charge in [-0.3, -0.25) is 10.1 Å². The number of hydrogen-bond acceptors (Lipinski definition) is 4. The van der Waals surface area contributed by atoms with Gasteiger partial charge in [-0.15, -0.1) is 0 Å². The lowest BCUT2D eigenvalue weighted by Crippen LogP contribution is -2.18. The number of nitro groups is 1. The molecule has 0 aliphatic heterocycles. The first-order chi connectivity index (χ1) is 9.70. The van der Waals surface area contributed by atoms with Crippen LogP contribution in [-0.4, -0.2) is 17.6 Å². The van der Waals surface area contributed by atoms with E-state index in [0.717, 1.165) is 5.69 Å². The van der Waals surface area contributed by atoms with Crippen LogP contribution in [0, 0.1) is 10.1 Å². The normalized spacial score (nSPS) is 16.4. The average Bonchev–Trinajstić information content (AvgIpc) is 2.68. The number of nitrogens with zero attached hydrogens (tertiary/aromatic N) is 1. The molecule has 0 atom stereocenters. The van der Waals surface area contributed by atoms with E-state index in [9.17, 15) is 10.1 Å². The van der Waals surface area contributed by atoms with E-state index < -0.39 is 4.92 Å². The van der Waals surface area contributed by atoms with Crippen LogP contribution in [0.4, 0.5) is 11.4 Å². The van der Waals surface area contributed by atoms with Crippen molar-refractivity contribution in [2.75, 3.05) is 11.9 Å². The van der Waals surface area contributed by atoms with Gasteiger partial charge in [0.1, 0.15) is 0 Å². The van der Waals surface area contributed by atoms with Crippen LogP contribution in [0.15, 0.2) is 18.2 Å². The quantitative estimate of drug-likeness (QED) is 0.499. The highest BCUT2D eigenvalue weighted by atomic mass is 16.6. The highest BCUT2D eigenvalue weighted by molar-refractivity contribution is 5.58. The number of rotatable bonds is 5. The minimum absolute atomic E-state index is 0.0262. The Balaban J connectivity index is 2.11. The number of benzene rings is 1. The predicted molar refractivity (Wildman–Crippen MR) is 79.4 cm³/mol. The monoisotopic (exact) mass is 278 g/mol. The molecule has 2 rings (SSSR count). The third-order valence-corrected chi connectivity index (χ3v) is 3.68. The van der Waals surface area contributed by atoms with Crippen LogP contribution in [0.3, 0.4) is 0 Å². The van der Waals surface area contributed by atoms with E-state index in [2.05, 4.69) is 5.32 Å². The zero-order valence-electron chi connectivity index (χ0n) is 11.9. The van der Waals surface area contributed by atoms with E-state index in [1.807, 2.05) is 6.92 Å². The van der Waals surface area contributed by atoms with Gasteiger partial charge in [0.2, 0.25) is 0 Å². The Labute approximate surface area is 119 Å². The number of nitro benzene ring substituents is 1. The average molecular weight is 278 g/mol. The topological polar surface area (TPSA) is 64.4 Å². The summed E-state index contributed by atoms with van der Waals surface area (Å²) < 4.78 is 5.37. The van der Waals surface area contributed by atoms with Crippen molar-refractivity contribution in [3.05, 3.63) is 28.3 Å². The SMILES string of the molecule is CCOc1cc(NC2CCCCCC2)ccc1[N+](=O)[O-]. The van der Waals surface area contributed by atoms with Crippen molar-refractivity contribution in [3.8, 4) is 5.75 Å². The minimum Gasteiger partial charge on any atom is -0.487 e. The Bertz CT molecular complexity index is 454. The number of hydrogen-bond donors (Lipinski definition) is 1. The zero-order valence-corrected chi connectivity index (χ0v) is 11.9. The fourth-order valence-electron chi connectivity index (χ4n) is 2.69. The molecule has 110 valence electrons. The van der Waals surface area contributed by atoms with Crippen molar-refractivity contribution in [1.82, 2.24) is 0 Å². The van der Waals surface area contributed by atoms with Crippen molar-refractivity contribution in [2.24, 2.45) is 0 Å². The van der Waals surface area contributed by atoms with Crippen LogP contribution in [-0.2, 0) is 0 Å². The van der Waals surface area contributed by atoms with Gasteiger partial charge >= 0.3 is 5.69 Å². The van der Waals surface area contributed by atoms with E-state index in [4.69, 9.17) is 4.74 Å². The van der Waals surface area contributed by atoms with E-state index in [-0.39, 0.29) is 5.69 Å². The van der Waals surface area contributed by atoms with Gasteiger partial charge in [-0.25, -0.2) is 0 Å². The summed E-state index contributed by atoms with van der Waals surface area (Å²) >= 11 is 0. The van der Waals surface area contributed by atoms with Gasteiger partial charge in [-0.2, -0.15) is 0 Å². The molecule has 0 heterocycles. The Morgan fingerprint density at radius 1 is 1.30 bits per heavy atom. The Hall–Kier alpha value is -1.78. The Kier molecular flexibility index (Phi) is 5.21. The lowest BCUT2D eigenvalue weighted by Gasteiger charge is -2.18. The standard InChI is InChI=1S/C15H22N2O3/c1-2-20-15-11-13(9-10-14(15)17(18)19)16-12-7-5-3-4-6-8-12/h9-12,16H,2-8H2,1H3. The molecular formula is C15H22N2O3. The molecule has 1 aliphatic carbocycles. The fourth-order valence-corrected chi connectivity index (χ4v) is 2.69. The van der Waals surface area contributed by atoms with Gasteiger partial charge in [-0.1, -0.05) is 25.7 Å².